The Morgan fingerprint density at radius 2 is 1.69 bits per heavy atom. The molecule has 0 radical (unpaired) electrons. The Labute approximate surface area is 157 Å². The van der Waals surface area contributed by atoms with Crippen LogP contribution in [0.1, 0.15) is 56.9 Å². The predicted molar refractivity (Wildman–Crippen MR) is 103 cm³/mol. The molecule has 2 aliphatic heterocycles. The number of hydrogen-bond donors (Lipinski definition) is 1. The lowest BCUT2D eigenvalue weighted by atomic mass is 9.67. The summed E-state index contributed by atoms with van der Waals surface area (Å²) in [5, 5.41) is 3.52. The van der Waals surface area contributed by atoms with Gasteiger partial charge < -0.3 is 15.0 Å². The average Bonchev–Trinajstić information content (AvgIpc) is 3.16. The Kier molecular flexibility index (Phi) is 4.96. The van der Waals surface area contributed by atoms with Crippen LogP contribution in [0.5, 0.6) is 5.75 Å². The van der Waals surface area contributed by atoms with Gasteiger partial charge in [0.1, 0.15) is 5.75 Å². The number of nitrogens with zero attached hydrogens (tertiary/aromatic N) is 1. The zero-order valence-corrected chi connectivity index (χ0v) is 16.1. The number of ether oxygens (including phenoxy) is 1. The zero-order valence-electron chi connectivity index (χ0n) is 16.1. The number of piperidine rings is 1. The smallest absolute Gasteiger partial charge is 0.233 e. The molecule has 1 aliphatic carbocycles. The Bertz CT molecular complexity index is 618. The molecule has 1 aromatic rings. The Hall–Kier alpha value is -1.55. The second-order valence-corrected chi connectivity index (χ2v) is 8.59. The fraction of sp³-hybridized carbons (Fsp3) is 0.682. The number of likely N-dealkylation sites (tertiary alicyclic amines) is 1. The highest BCUT2D eigenvalue weighted by molar-refractivity contribution is 5.88. The second-order valence-electron chi connectivity index (χ2n) is 8.59. The average molecular weight is 357 g/mol. The Morgan fingerprint density at radius 1 is 1.00 bits per heavy atom. The van der Waals surface area contributed by atoms with Crippen LogP contribution in [-0.4, -0.2) is 44.1 Å². The van der Waals surface area contributed by atoms with Gasteiger partial charge in [-0.15, -0.1) is 0 Å². The molecule has 0 unspecified atom stereocenters. The molecule has 3 aliphatic rings. The van der Waals surface area contributed by atoms with Gasteiger partial charge in [0.15, 0.2) is 0 Å². The van der Waals surface area contributed by atoms with Crippen molar-refractivity contribution in [2.75, 3.05) is 33.3 Å². The van der Waals surface area contributed by atoms with E-state index in [0.29, 0.717) is 11.3 Å². The summed E-state index contributed by atoms with van der Waals surface area (Å²) >= 11 is 0. The Morgan fingerprint density at radius 3 is 2.27 bits per heavy atom. The van der Waals surface area contributed by atoms with Crippen molar-refractivity contribution in [3.05, 3.63) is 29.8 Å². The van der Waals surface area contributed by atoms with E-state index in [1.54, 1.807) is 7.11 Å². The van der Waals surface area contributed by atoms with E-state index in [9.17, 15) is 4.79 Å². The zero-order chi connectivity index (χ0) is 18.0. The number of carbonyl (C=O) groups is 1. The number of amides is 1. The molecule has 26 heavy (non-hydrogen) atoms. The van der Waals surface area contributed by atoms with E-state index in [1.807, 2.05) is 12.1 Å². The molecular weight excluding hydrogens is 324 g/mol. The van der Waals surface area contributed by atoms with E-state index < -0.39 is 0 Å². The minimum absolute atomic E-state index is 0.317. The normalized spacial score (nSPS) is 24.6. The highest BCUT2D eigenvalue weighted by Crippen LogP contribution is 2.44. The first kappa shape index (κ1) is 17.8. The van der Waals surface area contributed by atoms with E-state index in [0.717, 1.165) is 70.5 Å². The van der Waals surface area contributed by atoms with Gasteiger partial charge in [-0.3, -0.25) is 4.79 Å². The van der Waals surface area contributed by atoms with Crippen LogP contribution in [-0.2, 0) is 10.2 Å². The van der Waals surface area contributed by atoms with Crippen molar-refractivity contribution in [3.8, 4) is 5.75 Å². The number of hydrogen-bond acceptors (Lipinski definition) is 3. The molecular formula is C22H32N2O2. The summed E-state index contributed by atoms with van der Waals surface area (Å²) in [6, 6.07) is 8.26. The van der Waals surface area contributed by atoms with Crippen LogP contribution in [0.3, 0.4) is 0 Å². The Balaban J connectivity index is 1.55. The largest absolute Gasteiger partial charge is 0.497 e. The lowest BCUT2D eigenvalue weighted by molar-refractivity contribution is -0.141. The predicted octanol–water partition coefficient (Wildman–Crippen LogP) is 3.50. The summed E-state index contributed by atoms with van der Waals surface area (Å²) in [6.07, 6.45) is 9.12. The van der Waals surface area contributed by atoms with Crippen molar-refractivity contribution in [3.63, 3.8) is 0 Å². The molecule has 0 aromatic heterocycles. The maximum absolute atomic E-state index is 13.7. The van der Waals surface area contributed by atoms with Gasteiger partial charge in [-0.05, 0) is 61.8 Å². The molecule has 2 saturated heterocycles. The summed E-state index contributed by atoms with van der Waals surface area (Å²) in [4.78, 5) is 15.9. The van der Waals surface area contributed by atoms with Gasteiger partial charge >= 0.3 is 0 Å². The summed E-state index contributed by atoms with van der Waals surface area (Å²) in [6.45, 7) is 4.14. The van der Waals surface area contributed by atoms with Crippen molar-refractivity contribution >= 4 is 5.91 Å². The third kappa shape index (κ3) is 3.13. The molecule has 3 fully saturated rings. The van der Waals surface area contributed by atoms with Gasteiger partial charge in [-0.25, -0.2) is 0 Å². The molecule has 1 amide bonds. The van der Waals surface area contributed by atoms with Crippen molar-refractivity contribution in [1.82, 2.24) is 10.2 Å². The molecule has 1 aromatic carbocycles. The van der Waals surface area contributed by atoms with E-state index in [2.05, 4.69) is 22.3 Å². The number of methoxy groups -OCH3 is 1. The molecule has 142 valence electrons. The van der Waals surface area contributed by atoms with E-state index in [4.69, 9.17) is 4.74 Å². The summed E-state index contributed by atoms with van der Waals surface area (Å²) in [5.74, 6) is 1.24. The van der Waals surface area contributed by atoms with Crippen molar-refractivity contribution in [2.45, 2.75) is 56.8 Å². The molecule has 0 atom stereocenters. The van der Waals surface area contributed by atoms with E-state index >= 15 is 0 Å². The van der Waals surface area contributed by atoms with Crippen LogP contribution >= 0.6 is 0 Å². The third-order valence-electron chi connectivity index (χ3n) is 7.20. The molecule has 4 rings (SSSR count). The number of benzene rings is 1. The lowest BCUT2D eigenvalue weighted by Crippen LogP contribution is -2.52. The van der Waals surface area contributed by atoms with Gasteiger partial charge in [0, 0.05) is 19.6 Å². The van der Waals surface area contributed by atoms with Crippen LogP contribution in [0, 0.1) is 5.41 Å². The van der Waals surface area contributed by atoms with Gasteiger partial charge in [0.2, 0.25) is 5.91 Å². The molecule has 1 spiro atoms. The fourth-order valence-corrected chi connectivity index (χ4v) is 5.40. The van der Waals surface area contributed by atoms with Crippen LogP contribution in [0.2, 0.25) is 0 Å². The summed E-state index contributed by atoms with van der Waals surface area (Å²) in [7, 11) is 1.69. The molecule has 1 saturated carbocycles. The van der Waals surface area contributed by atoms with Crippen molar-refractivity contribution in [2.24, 2.45) is 5.41 Å². The number of nitrogens with one attached hydrogen (secondary N) is 1. The summed E-state index contributed by atoms with van der Waals surface area (Å²) < 4.78 is 5.32. The maximum atomic E-state index is 13.7. The highest BCUT2D eigenvalue weighted by atomic mass is 16.5. The molecule has 4 heteroatoms. The standard InChI is InChI=1S/C22H32N2O2/c1-26-19-7-5-18(6-8-19)22(9-3-2-4-10-22)20(25)24-15-12-21(13-16-24)11-14-23-17-21/h5-8,23H,2-4,9-17H2,1H3. The lowest BCUT2D eigenvalue weighted by Gasteiger charge is -2.45. The SMILES string of the molecule is COc1ccc(C2(C(=O)N3CCC4(CCNC4)CC3)CCCCC2)cc1. The topological polar surface area (TPSA) is 41.6 Å². The minimum Gasteiger partial charge on any atom is -0.497 e. The highest BCUT2D eigenvalue weighted by Gasteiger charge is 2.46. The molecule has 2 heterocycles. The number of rotatable bonds is 3. The molecule has 0 bridgehead atoms. The van der Waals surface area contributed by atoms with Crippen LogP contribution < -0.4 is 10.1 Å². The molecule has 1 N–H and O–H groups in total. The molecule has 4 nitrogen and oxygen atoms in total. The van der Waals surface area contributed by atoms with Crippen LogP contribution in [0.25, 0.3) is 0 Å². The third-order valence-corrected chi connectivity index (χ3v) is 7.20. The van der Waals surface area contributed by atoms with Crippen LogP contribution in [0.4, 0.5) is 0 Å². The van der Waals surface area contributed by atoms with Gasteiger partial charge in [-0.2, -0.15) is 0 Å². The van der Waals surface area contributed by atoms with Crippen molar-refractivity contribution < 1.29 is 9.53 Å². The van der Waals surface area contributed by atoms with Gasteiger partial charge in [0.05, 0.1) is 12.5 Å². The first-order valence-electron chi connectivity index (χ1n) is 10.3. The van der Waals surface area contributed by atoms with Crippen molar-refractivity contribution in [1.29, 1.82) is 0 Å². The second kappa shape index (κ2) is 7.22. The van der Waals surface area contributed by atoms with E-state index in [1.165, 1.54) is 18.4 Å². The van der Waals surface area contributed by atoms with E-state index in [-0.39, 0.29) is 5.41 Å². The minimum atomic E-state index is -0.317. The van der Waals surface area contributed by atoms with Crippen LogP contribution in [0.15, 0.2) is 24.3 Å². The first-order valence-corrected chi connectivity index (χ1v) is 10.3. The maximum Gasteiger partial charge on any atom is 0.233 e. The first-order chi connectivity index (χ1) is 12.7. The van der Waals surface area contributed by atoms with Gasteiger partial charge in [0.25, 0.3) is 0 Å². The monoisotopic (exact) mass is 356 g/mol. The number of carbonyl (C=O) groups excluding carboxylic acids is 1. The summed E-state index contributed by atoms with van der Waals surface area (Å²) in [5.41, 5.74) is 1.32. The van der Waals surface area contributed by atoms with Gasteiger partial charge in [-0.1, -0.05) is 31.4 Å². The fourth-order valence-electron chi connectivity index (χ4n) is 5.40. The quantitative estimate of drug-likeness (QED) is 0.901.